The fraction of sp³-hybridized carbons (Fsp3) is 0.375. The molecule has 0 aliphatic rings. The lowest BCUT2D eigenvalue weighted by atomic mass is 10.0. The van der Waals surface area contributed by atoms with Crippen LogP contribution in [0.5, 0.6) is 5.75 Å². The summed E-state index contributed by atoms with van der Waals surface area (Å²) in [7, 11) is 1.67. The summed E-state index contributed by atoms with van der Waals surface area (Å²) >= 11 is 0. The van der Waals surface area contributed by atoms with Crippen molar-refractivity contribution in [1.29, 1.82) is 0 Å². The average Bonchev–Trinajstić information content (AvgIpc) is 2.42. The fourth-order valence-corrected chi connectivity index (χ4v) is 2.20. The van der Waals surface area contributed by atoms with Crippen molar-refractivity contribution < 1.29 is 9.94 Å². The van der Waals surface area contributed by atoms with E-state index in [-0.39, 0.29) is 0 Å². The molecule has 0 fully saturated rings. The summed E-state index contributed by atoms with van der Waals surface area (Å²) in [6.45, 7) is 3.45. The maximum atomic E-state index is 9.30. The summed E-state index contributed by atoms with van der Waals surface area (Å²) in [5.41, 5.74) is 1.21. The minimum Gasteiger partial charge on any atom is -0.493 e. The third-order valence-electron chi connectivity index (χ3n) is 3.12. The number of hydrogen-bond donors (Lipinski definition) is 1. The van der Waals surface area contributed by atoms with E-state index in [1.54, 1.807) is 7.05 Å². The largest absolute Gasteiger partial charge is 0.493 e. The van der Waals surface area contributed by atoms with Crippen molar-refractivity contribution >= 4 is 10.8 Å². The van der Waals surface area contributed by atoms with Crippen LogP contribution < -0.4 is 4.74 Å². The zero-order chi connectivity index (χ0) is 13.7. The first kappa shape index (κ1) is 13.8. The molecule has 0 heterocycles. The highest BCUT2D eigenvalue weighted by Gasteiger charge is 2.07. The van der Waals surface area contributed by atoms with Crippen molar-refractivity contribution in [3.05, 3.63) is 42.0 Å². The van der Waals surface area contributed by atoms with Gasteiger partial charge < -0.3 is 9.94 Å². The molecule has 19 heavy (non-hydrogen) atoms. The Labute approximate surface area is 114 Å². The molecule has 2 aromatic rings. The molecule has 2 aromatic carbocycles. The number of benzene rings is 2. The van der Waals surface area contributed by atoms with Gasteiger partial charge in [-0.3, -0.25) is 0 Å². The molecular weight excluding hydrogens is 238 g/mol. The van der Waals surface area contributed by atoms with Crippen molar-refractivity contribution in [2.45, 2.75) is 19.8 Å². The Morgan fingerprint density at radius 3 is 2.58 bits per heavy atom. The van der Waals surface area contributed by atoms with Gasteiger partial charge in [0.2, 0.25) is 0 Å². The van der Waals surface area contributed by atoms with Gasteiger partial charge >= 0.3 is 0 Å². The second-order valence-corrected chi connectivity index (χ2v) is 4.75. The lowest BCUT2D eigenvalue weighted by Crippen LogP contribution is -2.16. The van der Waals surface area contributed by atoms with Crippen molar-refractivity contribution in [2.75, 3.05) is 20.2 Å². The molecule has 0 bridgehead atoms. The van der Waals surface area contributed by atoms with Crippen LogP contribution >= 0.6 is 0 Å². The monoisotopic (exact) mass is 259 g/mol. The van der Waals surface area contributed by atoms with E-state index in [1.165, 1.54) is 21.4 Å². The van der Waals surface area contributed by atoms with E-state index in [9.17, 15) is 5.21 Å². The maximum absolute atomic E-state index is 9.30. The Morgan fingerprint density at radius 1 is 1.16 bits per heavy atom. The van der Waals surface area contributed by atoms with Gasteiger partial charge in [-0.2, -0.15) is 5.06 Å². The van der Waals surface area contributed by atoms with Crippen LogP contribution in [0.3, 0.4) is 0 Å². The zero-order valence-electron chi connectivity index (χ0n) is 11.6. The van der Waals surface area contributed by atoms with Gasteiger partial charge in [0.1, 0.15) is 5.75 Å². The van der Waals surface area contributed by atoms with Gasteiger partial charge in [0.15, 0.2) is 0 Å². The summed E-state index contributed by atoms with van der Waals surface area (Å²) in [4.78, 5) is 0. The number of nitrogens with zero attached hydrogens (tertiary/aromatic N) is 1. The molecule has 0 aliphatic heterocycles. The molecular formula is C16H21NO2. The summed E-state index contributed by atoms with van der Waals surface area (Å²) in [6, 6.07) is 12.4. The standard InChI is InChI=1S/C16H21NO2/c1-3-12-19-15-9-5-8-13-6-4-7-14(16(13)15)10-11-17(2)18/h4-9,18H,3,10-12H2,1-2H3. The van der Waals surface area contributed by atoms with Crippen LogP contribution in [0.4, 0.5) is 0 Å². The lowest BCUT2D eigenvalue weighted by molar-refractivity contribution is -0.0633. The number of hydroxylamine groups is 2. The molecule has 3 nitrogen and oxygen atoms in total. The Kier molecular flexibility index (Phi) is 4.77. The first-order chi connectivity index (χ1) is 9.22. The van der Waals surface area contributed by atoms with Crippen LogP contribution in [0.25, 0.3) is 10.8 Å². The van der Waals surface area contributed by atoms with Crippen LogP contribution in [0.1, 0.15) is 18.9 Å². The van der Waals surface area contributed by atoms with Crippen LogP contribution in [0.15, 0.2) is 36.4 Å². The molecule has 102 valence electrons. The summed E-state index contributed by atoms with van der Waals surface area (Å²) in [5.74, 6) is 0.940. The van der Waals surface area contributed by atoms with Gasteiger partial charge in [-0.25, -0.2) is 0 Å². The molecule has 0 unspecified atom stereocenters. The highest BCUT2D eigenvalue weighted by Crippen LogP contribution is 2.29. The third kappa shape index (κ3) is 3.46. The van der Waals surface area contributed by atoms with Crippen molar-refractivity contribution in [3.63, 3.8) is 0 Å². The van der Waals surface area contributed by atoms with E-state index in [1.807, 2.05) is 12.1 Å². The number of hydrogen-bond acceptors (Lipinski definition) is 3. The third-order valence-corrected chi connectivity index (χ3v) is 3.12. The van der Waals surface area contributed by atoms with Crippen molar-refractivity contribution in [2.24, 2.45) is 0 Å². The van der Waals surface area contributed by atoms with Crippen LogP contribution in [0, 0.1) is 0 Å². The Balaban J connectivity index is 2.38. The van der Waals surface area contributed by atoms with Gasteiger partial charge in [-0.05, 0) is 29.9 Å². The Bertz CT molecular complexity index is 532. The minimum absolute atomic E-state index is 0.612. The molecule has 0 amide bonds. The number of fused-ring (bicyclic) bond motifs is 1. The lowest BCUT2D eigenvalue weighted by Gasteiger charge is -2.14. The quantitative estimate of drug-likeness (QED) is 0.806. The molecule has 0 radical (unpaired) electrons. The van der Waals surface area contributed by atoms with Gasteiger partial charge in [0.05, 0.1) is 6.61 Å². The van der Waals surface area contributed by atoms with E-state index >= 15 is 0 Å². The number of likely N-dealkylation sites (N-methyl/N-ethyl adjacent to an activating group) is 1. The first-order valence-corrected chi connectivity index (χ1v) is 6.75. The highest BCUT2D eigenvalue weighted by molar-refractivity contribution is 5.91. The predicted molar refractivity (Wildman–Crippen MR) is 77.9 cm³/mol. The summed E-state index contributed by atoms with van der Waals surface area (Å²) in [5, 5.41) is 12.9. The van der Waals surface area contributed by atoms with E-state index in [0.717, 1.165) is 25.2 Å². The molecule has 0 spiro atoms. The number of rotatable bonds is 6. The fourth-order valence-electron chi connectivity index (χ4n) is 2.20. The van der Waals surface area contributed by atoms with Gasteiger partial charge in [0, 0.05) is 19.0 Å². The van der Waals surface area contributed by atoms with E-state index in [0.29, 0.717) is 6.54 Å². The zero-order valence-corrected chi connectivity index (χ0v) is 11.6. The summed E-state index contributed by atoms with van der Waals surface area (Å²) < 4.78 is 5.84. The van der Waals surface area contributed by atoms with Crippen molar-refractivity contribution in [1.82, 2.24) is 5.06 Å². The summed E-state index contributed by atoms with van der Waals surface area (Å²) in [6.07, 6.45) is 1.80. The Morgan fingerprint density at radius 2 is 1.89 bits per heavy atom. The average molecular weight is 259 g/mol. The SMILES string of the molecule is CCCOc1cccc2cccc(CCN(C)O)c12. The molecule has 2 rings (SSSR count). The second kappa shape index (κ2) is 6.55. The van der Waals surface area contributed by atoms with Gasteiger partial charge in [0.25, 0.3) is 0 Å². The molecule has 0 aromatic heterocycles. The van der Waals surface area contributed by atoms with Crippen LogP contribution in [-0.2, 0) is 6.42 Å². The minimum atomic E-state index is 0.612. The topological polar surface area (TPSA) is 32.7 Å². The van der Waals surface area contributed by atoms with Crippen LogP contribution in [0.2, 0.25) is 0 Å². The second-order valence-electron chi connectivity index (χ2n) is 4.75. The first-order valence-electron chi connectivity index (χ1n) is 6.75. The van der Waals surface area contributed by atoms with E-state index in [4.69, 9.17) is 4.74 Å². The predicted octanol–water partition coefficient (Wildman–Crippen LogP) is 3.49. The van der Waals surface area contributed by atoms with E-state index in [2.05, 4.69) is 31.2 Å². The maximum Gasteiger partial charge on any atom is 0.127 e. The smallest absolute Gasteiger partial charge is 0.127 e. The molecule has 0 saturated heterocycles. The normalized spacial score (nSPS) is 11.2. The molecule has 3 heteroatoms. The van der Waals surface area contributed by atoms with E-state index < -0.39 is 0 Å². The highest BCUT2D eigenvalue weighted by atomic mass is 16.5. The van der Waals surface area contributed by atoms with Gasteiger partial charge in [-0.15, -0.1) is 0 Å². The van der Waals surface area contributed by atoms with Gasteiger partial charge in [-0.1, -0.05) is 37.3 Å². The number of ether oxygens (including phenoxy) is 1. The van der Waals surface area contributed by atoms with Crippen molar-refractivity contribution in [3.8, 4) is 5.75 Å². The molecule has 0 atom stereocenters. The Hall–Kier alpha value is -1.58. The molecule has 0 saturated carbocycles. The molecule has 0 aliphatic carbocycles. The van der Waals surface area contributed by atoms with Crippen LogP contribution in [-0.4, -0.2) is 30.5 Å². The molecule has 1 N–H and O–H groups in total.